The smallest absolute Gasteiger partial charge is 0.198 e. The van der Waals surface area contributed by atoms with Crippen LogP contribution >= 0.6 is 0 Å². The van der Waals surface area contributed by atoms with Gasteiger partial charge in [0.1, 0.15) is 5.82 Å². The number of fused-ring (bicyclic) bond motifs is 1. The maximum absolute atomic E-state index is 14.1. The van der Waals surface area contributed by atoms with E-state index in [1.807, 2.05) is 24.3 Å². The van der Waals surface area contributed by atoms with Crippen LogP contribution in [0.3, 0.4) is 0 Å². The van der Waals surface area contributed by atoms with Crippen molar-refractivity contribution in [2.45, 2.75) is 6.42 Å². The van der Waals surface area contributed by atoms with Crippen LogP contribution in [-0.4, -0.2) is 60.6 Å². The van der Waals surface area contributed by atoms with E-state index in [4.69, 9.17) is 4.74 Å². The number of hydrogen-bond donors (Lipinski definition) is 3. The number of aliphatic imine (C=N–C) groups is 1. The predicted molar refractivity (Wildman–Crippen MR) is 114 cm³/mol. The molecule has 1 aliphatic rings. The van der Waals surface area contributed by atoms with E-state index in [1.54, 1.807) is 12.1 Å². The van der Waals surface area contributed by atoms with Gasteiger partial charge in [-0.2, -0.15) is 0 Å². The van der Waals surface area contributed by atoms with Crippen molar-refractivity contribution in [1.82, 2.24) is 9.88 Å². The Kier molecular flexibility index (Phi) is 6.07. The molecule has 3 aromatic rings. The van der Waals surface area contributed by atoms with E-state index in [2.05, 4.69) is 20.2 Å². The lowest BCUT2D eigenvalue weighted by atomic mass is 10.1. The van der Waals surface area contributed by atoms with Gasteiger partial charge in [-0.15, -0.1) is 0 Å². The predicted octanol–water partition coefficient (Wildman–Crippen LogP) is 3.90. The van der Waals surface area contributed by atoms with Crippen LogP contribution in [0, 0.1) is 5.82 Å². The number of ether oxygens (including phenoxy) is 1. The van der Waals surface area contributed by atoms with Crippen LogP contribution in [0.25, 0.3) is 10.9 Å². The van der Waals surface area contributed by atoms with E-state index in [1.165, 1.54) is 12.3 Å². The second kappa shape index (κ2) is 9.07. The minimum atomic E-state index is -0.392. The quantitative estimate of drug-likeness (QED) is 0.418. The van der Waals surface area contributed by atoms with E-state index in [-0.39, 0.29) is 5.88 Å². The molecule has 0 bridgehead atoms. The summed E-state index contributed by atoms with van der Waals surface area (Å²) < 4.78 is 19.5. The van der Waals surface area contributed by atoms with Crippen LogP contribution in [0.4, 0.5) is 15.8 Å². The Morgan fingerprint density at radius 2 is 1.97 bits per heavy atom. The summed E-state index contributed by atoms with van der Waals surface area (Å²) >= 11 is 0. The first-order valence-electron chi connectivity index (χ1n) is 9.88. The fourth-order valence-corrected chi connectivity index (χ4v) is 3.51. The number of morpholine rings is 1. The molecule has 0 unspecified atom stereocenters. The first-order valence-corrected chi connectivity index (χ1v) is 9.88. The monoisotopic (exact) mass is 396 g/mol. The molecular formula is C22H25FN4O2. The van der Waals surface area contributed by atoms with E-state index < -0.39 is 5.82 Å². The molecule has 0 atom stereocenters. The molecule has 2 aromatic carbocycles. The van der Waals surface area contributed by atoms with Crippen molar-refractivity contribution in [3.8, 4) is 5.88 Å². The molecule has 0 spiro atoms. The topological polar surface area (TPSA) is 72.9 Å². The third-order valence-electron chi connectivity index (χ3n) is 5.09. The second-order valence-electron chi connectivity index (χ2n) is 7.09. The molecule has 0 radical (unpaired) electrons. The molecule has 29 heavy (non-hydrogen) atoms. The maximum atomic E-state index is 14.1. The zero-order valence-corrected chi connectivity index (χ0v) is 16.2. The lowest BCUT2D eigenvalue weighted by Gasteiger charge is -2.26. The lowest BCUT2D eigenvalue weighted by Crippen LogP contribution is -2.37. The average molecular weight is 396 g/mol. The summed E-state index contributed by atoms with van der Waals surface area (Å²) in [4.78, 5) is 9.57. The minimum absolute atomic E-state index is 0.0904. The van der Waals surface area contributed by atoms with E-state index in [0.29, 0.717) is 16.5 Å². The third-order valence-corrected chi connectivity index (χ3v) is 5.09. The maximum Gasteiger partial charge on any atom is 0.198 e. The highest BCUT2D eigenvalue weighted by atomic mass is 19.1. The largest absolute Gasteiger partial charge is 0.494 e. The van der Waals surface area contributed by atoms with E-state index in [0.717, 1.165) is 57.2 Å². The van der Waals surface area contributed by atoms with Gasteiger partial charge in [0, 0.05) is 36.9 Å². The van der Waals surface area contributed by atoms with Crippen molar-refractivity contribution in [2.75, 3.05) is 44.7 Å². The minimum Gasteiger partial charge on any atom is -0.494 e. The summed E-state index contributed by atoms with van der Waals surface area (Å²) in [5, 5.41) is 13.8. The van der Waals surface area contributed by atoms with Gasteiger partial charge < -0.3 is 20.1 Å². The number of anilines is 1. The van der Waals surface area contributed by atoms with Gasteiger partial charge in [0.25, 0.3) is 0 Å². The van der Waals surface area contributed by atoms with Crippen LogP contribution in [0.1, 0.15) is 12.0 Å². The number of aromatic nitrogens is 1. The van der Waals surface area contributed by atoms with Crippen molar-refractivity contribution in [3.63, 3.8) is 0 Å². The van der Waals surface area contributed by atoms with Gasteiger partial charge in [0.15, 0.2) is 5.88 Å². The molecule has 0 aliphatic carbocycles. The van der Waals surface area contributed by atoms with E-state index >= 15 is 0 Å². The van der Waals surface area contributed by atoms with Gasteiger partial charge in [0.2, 0.25) is 0 Å². The van der Waals surface area contributed by atoms with Gasteiger partial charge in [-0.25, -0.2) is 4.39 Å². The number of aromatic hydroxyl groups is 1. The number of nitrogens with zero attached hydrogens (tertiary/aromatic N) is 2. The Hall–Kier alpha value is -2.90. The Bertz CT molecular complexity index is 978. The zero-order valence-electron chi connectivity index (χ0n) is 16.2. The highest BCUT2D eigenvalue weighted by Gasteiger charge is 2.12. The molecule has 7 heteroatoms. The van der Waals surface area contributed by atoms with Crippen LogP contribution in [0.15, 0.2) is 47.5 Å². The molecular weight excluding hydrogens is 371 g/mol. The molecule has 4 rings (SSSR count). The number of H-pyrrole nitrogens is 1. The van der Waals surface area contributed by atoms with Crippen molar-refractivity contribution < 1.29 is 14.2 Å². The first kappa shape index (κ1) is 19.4. The van der Waals surface area contributed by atoms with Gasteiger partial charge in [0.05, 0.1) is 30.0 Å². The number of rotatable bonds is 7. The first-order chi connectivity index (χ1) is 14.2. The summed E-state index contributed by atoms with van der Waals surface area (Å²) in [6.45, 7) is 5.67. The molecule has 1 fully saturated rings. The van der Waals surface area contributed by atoms with Crippen LogP contribution < -0.4 is 5.32 Å². The lowest BCUT2D eigenvalue weighted by molar-refractivity contribution is 0.0378. The molecule has 1 aliphatic heterocycles. The van der Waals surface area contributed by atoms with Crippen molar-refractivity contribution in [3.05, 3.63) is 53.8 Å². The van der Waals surface area contributed by atoms with E-state index in [9.17, 15) is 9.50 Å². The average Bonchev–Trinajstić information content (AvgIpc) is 3.07. The van der Waals surface area contributed by atoms with Crippen LogP contribution in [-0.2, 0) is 4.74 Å². The highest BCUT2D eigenvalue weighted by Crippen LogP contribution is 2.28. The number of halogens is 1. The normalized spacial score (nSPS) is 15.3. The fraction of sp³-hybridized carbons (Fsp3) is 0.318. The molecule has 1 aromatic heterocycles. The van der Waals surface area contributed by atoms with Crippen LogP contribution in [0.2, 0.25) is 0 Å². The van der Waals surface area contributed by atoms with Gasteiger partial charge in [-0.05, 0) is 49.4 Å². The number of aromatic amines is 1. The zero-order chi connectivity index (χ0) is 20.1. The molecule has 2 heterocycles. The van der Waals surface area contributed by atoms with Crippen molar-refractivity contribution in [2.24, 2.45) is 4.99 Å². The Labute approximate surface area is 169 Å². The van der Waals surface area contributed by atoms with Gasteiger partial charge >= 0.3 is 0 Å². The second-order valence-corrected chi connectivity index (χ2v) is 7.09. The summed E-state index contributed by atoms with van der Waals surface area (Å²) in [6, 6.07) is 12.4. The van der Waals surface area contributed by atoms with Gasteiger partial charge in [-0.3, -0.25) is 9.89 Å². The Morgan fingerprint density at radius 1 is 1.17 bits per heavy atom. The van der Waals surface area contributed by atoms with Crippen LogP contribution in [0.5, 0.6) is 5.88 Å². The summed E-state index contributed by atoms with van der Waals surface area (Å²) in [5.74, 6) is -0.482. The Morgan fingerprint density at radius 3 is 2.76 bits per heavy atom. The SMILES string of the molecule is Oc1[nH]c2cccc(F)c2c1C=Nc1ccc(NCCCN2CCOCC2)cc1. The molecule has 152 valence electrons. The van der Waals surface area contributed by atoms with Crippen molar-refractivity contribution in [1.29, 1.82) is 0 Å². The number of nitrogens with one attached hydrogen (secondary N) is 2. The highest BCUT2D eigenvalue weighted by molar-refractivity contribution is 6.02. The number of hydrogen-bond acceptors (Lipinski definition) is 5. The molecule has 0 amide bonds. The molecule has 0 saturated carbocycles. The van der Waals surface area contributed by atoms with Crippen molar-refractivity contribution >= 4 is 28.5 Å². The summed E-state index contributed by atoms with van der Waals surface area (Å²) in [7, 11) is 0. The fourth-order valence-electron chi connectivity index (χ4n) is 3.51. The number of benzene rings is 2. The molecule has 1 saturated heterocycles. The standard InChI is InChI=1S/C22H25FN4O2/c23-19-3-1-4-20-21(19)18(22(28)26-20)15-25-17-7-5-16(6-8-17)24-9-2-10-27-11-13-29-14-12-27/h1,3-8,15,24,26,28H,2,9-14H2. The molecule has 6 nitrogen and oxygen atoms in total. The Balaban J connectivity index is 1.33. The summed E-state index contributed by atoms with van der Waals surface area (Å²) in [6.07, 6.45) is 2.56. The third kappa shape index (κ3) is 4.75. The summed E-state index contributed by atoms with van der Waals surface area (Å²) in [5.41, 5.74) is 2.66. The van der Waals surface area contributed by atoms with Gasteiger partial charge in [-0.1, -0.05) is 6.07 Å². The molecule has 3 N–H and O–H groups in total.